The molecule has 1 aliphatic heterocycles. The Kier molecular flexibility index (Phi) is 5.05. The molecule has 3 heterocycles. The standard InChI is InChI=1S/C17H23N3OS/c1-13-16(22-14(2)19-13)11-20-9-6-15(7-10-20)12-21-17-5-3-4-8-18-17/h3-5,8,15H,6-7,9-12H2,1-2H3. The van der Waals surface area contributed by atoms with Crippen LogP contribution in [0.3, 0.4) is 0 Å². The third-order valence-electron chi connectivity index (χ3n) is 4.18. The molecular formula is C17H23N3OS. The van der Waals surface area contributed by atoms with E-state index in [1.54, 1.807) is 6.20 Å². The number of aromatic nitrogens is 2. The van der Waals surface area contributed by atoms with E-state index >= 15 is 0 Å². The van der Waals surface area contributed by atoms with Crippen LogP contribution in [0.25, 0.3) is 0 Å². The van der Waals surface area contributed by atoms with Gasteiger partial charge in [0, 0.05) is 23.7 Å². The number of nitrogens with zero attached hydrogens (tertiary/aromatic N) is 3. The maximum Gasteiger partial charge on any atom is 0.213 e. The number of ether oxygens (including phenoxy) is 1. The van der Waals surface area contributed by atoms with Crippen LogP contribution in [0.5, 0.6) is 5.88 Å². The van der Waals surface area contributed by atoms with Gasteiger partial charge in [-0.15, -0.1) is 11.3 Å². The molecule has 22 heavy (non-hydrogen) atoms. The summed E-state index contributed by atoms with van der Waals surface area (Å²) < 4.78 is 5.78. The third kappa shape index (κ3) is 4.05. The molecular weight excluding hydrogens is 294 g/mol. The van der Waals surface area contributed by atoms with Crippen LogP contribution in [0.4, 0.5) is 0 Å². The molecule has 3 rings (SSSR count). The second-order valence-corrected chi connectivity index (χ2v) is 7.23. The Bertz CT molecular complexity index is 591. The molecule has 0 amide bonds. The lowest BCUT2D eigenvalue weighted by atomic mass is 9.98. The van der Waals surface area contributed by atoms with Crippen LogP contribution in [0.2, 0.25) is 0 Å². The molecule has 1 fully saturated rings. The van der Waals surface area contributed by atoms with Crippen molar-refractivity contribution in [2.75, 3.05) is 19.7 Å². The highest BCUT2D eigenvalue weighted by Gasteiger charge is 2.21. The summed E-state index contributed by atoms with van der Waals surface area (Å²) >= 11 is 1.83. The zero-order valence-electron chi connectivity index (χ0n) is 13.3. The average molecular weight is 317 g/mol. The van der Waals surface area contributed by atoms with Gasteiger partial charge < -0.3 is 4.74 Å². The lowest BCUT2D eigenvalue weighted by Gasteiger charge is -2.31. The summed E-state index contributed by atoms with van der Waals surface area (Å²) in [5, 5.41) is 1.17. The topological polar surface area (TPSA) is 38.2 Å². The van der Waals surface area contributed by atoms with Crippen LogP contribution in [0.1, 0.15) is 28.4 Å². The van der Waals surface area contributed by atoms with E-state index in [1.165, 1.54) is 28.4 Å². The minimum atomic E-state index is 0.641. The van der Waals surface area contributed by atoms with Crippen LogP contribution in [0, 0.1) is 19.8 Å². The normalized spacial score (nSPS) is 16.8. The second-order valence-electron chi connectivity index (χ2n) is 5.94. The van der Waals surface area contributed by atoms with Crippen LogP contribution >= 0.6 is 11.3 Å². The van der Waals surface area contributed by atoms with Gasteiger partial charge in [-0.2, -0.15) is 0 Å². The quantitative estimate of drug-likeness (QED) is 0.846. The van der Waals surface area contributed by atoms with Gasteiger partial charge in [0.2, 0.25) is 5.88 Å². The maximum atomic E-state index is 5.78. The van der Waals surface area contributed by atoms with Gasteiger partial charge in [-0.3, -0.25) is 4.90 Å². The molecule has 0 bridgehead atoms. The largest absolute Gasteiger partial charge is 0.477 e. The lowest BCUT2D eigenvalue weighted by Crippen LogP contribution is -2.35. The Balaban J connectivity index is 1.43. The minimum absolute atomic E-state index is 0.641. The van der Waals surface area contributed by atoms with Crippen molar-refractivity contribution in [1.82, 2.24) is 14.9 Å². The number of likely N-dealkylation sites (tertiary alicyclic amines) is 1. The molecule has 0 N–H and O–H groups in total. The highest BCUT2D eigenvalue weighted by Crippen LogP contribution is 2.23. The Morgan fingerprint density at radius 3 is 2.73 bits per heavy atom. The number of hydrogen-bond acceptors (Lipinski definition) is 5. The molecule has 1 aliphatic rings. The van der Waals surface area contributed by atoms with E-state index in [4.69, 9.17) is 4.74 Å². The van der Waals surface area contributed by atoms with Gasteiger partial charge in [-0.1, -0.05) is 6.07 Å². The molecule has 118 valence electrons. The summed E-state index contributed by atoms with van der Waals surface area (Å²) in [6.45, 7) is 8.32. The number of rotatable bonds is 5. The number of pyridine rings is 1. The predicted octanol–water partition coefficient (Wildman–Crippen LogP) is 3.45. The summed E-state index contributed by atoms with van der Waals surface area (Å²) in [4.78, 5) is 12.7. The summed E-state index contributed by atoms with van der Waals surface area (Å²) in [5.41, 5.74) is 1.20. The fraction of sp³-hybridized carbons (Fsp3) is 0.529. The zero-order valence-corrected chi connectivity index (χ0v) is 14.1. The Hall–Kier alpha value is -1.46. The van der Waals surface area contributed by atoms with Crippen molar-refractivity contribution in [1.29, 1.82) is 0 Å². The van der Waals surface area contributed by atoms with Gasteiger partial charge in [0.1, 0.15) is 0 Å². The Morgan fingerprint density at radius 2 is 2.09 bits per heavy atom. The fourth-order valence-electron chi connectivity index (χ4n) is 2.87. The number of thiazole rings is 1. The summed E-state index contributed by atoms with van der Waals surface area (Å²) in [7, 11) is 0. The highest BCUT2D eigenvalue weighted by atomic mass is 32.1. The minimum Gasteiger partial charge on any atom is -0.477 e. The van der Waals surface area contributed by atoms with Crippen LogP contribution in [-0.4, -0.2) is 34.6 Å². The first kappa shape index (κ1) is 15.4. The van der Waals surface area contributed by atoms with Crippen molar-refractivity contribution in [3.8, 4) is 5.88 Å². The molecule has 4 nitrogen and oxygen atoms in total. The smallest absolute Gasteiger partial charge is 0.213 e. The predicted molar refractivity (Wildman–Crippen MR) is 89.3 cm³/mol. The Morgan fingerprint density at radius 1 is 1.27 bits per heavy atom. The van der Waals surface area contributed by atoms with E-state index in [1.807, 2.05) is 29.5 Å². The summed E-state index contributed by atoms with van der Waals surface area (Å²) in [5.74, 6) is 1.38. The average Bonchev–Trinajstić information content (AvgIpc) is 2.85. The Labute approximate surface area is 136 Å². The molecule has 2 aromatic rings. The van der Waals surface area contributed by atoms with Gasteiger partial charge in [0.15, 0.2) is 0 Å². The van der Waals surface area contributed by atoms with Crippen molar-refractivity contribution < 1.29 is 4.74 Å². The third-order valence-corrected chi connectivity index (χ3v) is 5.24. The molecule has 0 aromatic carbocycles. The molecule has 0 saturated carbocycles. The molecule has 2 aromatic heterocycles. The number of piperidine rings is 1. The molecule has 0 aliphatic carbocycles. The van der Waals surface area contributed by atoms with Crippen LogP contribution in [0.15, 0.2) is 24.4 Å². The van der Waals surface area contributed by atoms with Gasteiger partial charge >= 0.3 is 0 Å². The van der Waals surface area contributed by atoms with E-state index in [-0.39, 0.29) is 0 Å². The lowest BCUT2D eigenvalue weighted by molar-refractivity contribution is 0.135. The van der Waals surface area contributed by atoms with Crippen molar-refractivity contribution in [3.05, 3.63) is 40.0 Å². The monoisotopic (exact) mass is 317 g/mol. The first-order valence-corrected chi connectivity index (χ1v) is 8.71. The molecule has 0 spiro atoms. The SMILES string of the molecule is Cc1nc(C)c(CN2CCC(COc3ccccn3)CC2)s1. The van der Waals surface area contributed by atoms with Crippen LogP contribution < -0.4 is 4.74 Å². The van der Waals surface area contributed by atoms with Crippen molar-refractivity contribution in [2.24, 2.45) is 5.92 Å². The van der Waals surface area contributed by atoms with E-state index in [0.717, 1.165) is 32.1 Å². The first-order chi connectivity index (χ1) is 10.7. The zero-order chi connectivity index (χ0) is 15.4. The number of aryl methyl sites for hydroxylation is 2. The van der Waals surface area contributed by atoms with E-state index in [9.17, 15) is 0 Å². The molecule has 0 radical (unpaired) electrons. The van der Waals surface area contributed by atoms with E-state index in [2.05, 4.69) is 28.7 Å². The summed E-state index contributed by atoms with van der Waals surface area (Å²) in [6.07, 6.45) is 4.17. The van der Waals surface area contributed by atoms with E-state index < -0.39 is 0 Å². The first-order valence-electron chi connectivity index (χ1n) is 7.90. The second kappa shape index (κ2) is 7.20. The molecule has 0 unspecified atom stereocenters. The van der Waals surface area contributed by atoms with Crippen molar-refractivity contribution >= 4 is 11.3 Å². The summed E-state index contributed by atoms with van der Waals surface area (Å²) in [6, 6.07) is 5.79. The van der Waals surface area contributed by atoms with E-state index in [0.29, 0.717) is 5.92 Å². The maximum absolute atomic E-state index is 5.78. The van der Waals surface area contributed by atoms with Gasteiger partial charge in [-0.05, 0) is 51.8 Å². The van der Waals surface area contributed by atoms with Crippen molar-refractivity contribution in [3.63, 3.8) is 0 Å². The number of hydrogen-bond donors (Lipinski definition) is 0. The highest BCUT2D eigenvalue weighted by molar-refractivity contribution is 7.11. The molecule has 5 heteroatoms. The molecule has 1 saturated heterocycles. The van der Waals surface area contributed by atoms with Gasteiger partial charge in [0.25, 0.3) is 0 Å². The van der Waals surface area contributed by atoms with Gasteiger partial charge in [0.05, 0.1) is 17.3 Å². The van der Waals surface area contributed by atoms with Gasteiger partial charge in [-0.25, -0.2) is 9.97 Å². The van der Waals surface area contributed by atoms with Crippen molar-refractivity contribution in [2.45, 2.75) is 33.2 Å². The fourth-order valence-corrected chi connectivity index (χ4v) is 3.85. The molecule has 0 atom stereocenters. The van der Waals surface area contributed by atoms with Crippen LogP contribution in [-0.2, 0) is 6.54 Å².